The van der Waals surface area contributed by atoms with E-state index in [1.165, 1.54) is 6.07 Å². The third kappa shape index (κ3) is 5.77. The molecule has 4 N–H and O–H groups in total. The van der Waals surface area contributed by atoms with Crippen molar-refractivity contribution in [3.8, 4) is 0 Å². The van der Waals surface area contributed by atoms with E-state index >= 15 is 0 Å². The maximum Gasteiger partial charge on any atom is 0.330 e. The summed E-state index contributed by atoms with van der Waals surface area (Å²) in [6.45, 7) is 3.09. The minimum atomic E-state index is -1.30. The van der Waals surface area contributed by atoms with Crippen molar-refractivity contribution in [2.45, 2.75) is 38.9 Å². The highest BCUT2D eigenvalue weighted by molar-refractivity contribution is 5.91. The Kier molecular flexibility index (Phi) is 7.62. The normalized spacial score (nSPS) is 12.8. The number of benzene rings is 2. The van der Waals surface area contributed by atoms with Crippen LogP contribution in [0.4, 0.5) is 0 Å². The molecule has 0 saturated heterocycles. The molecule has 1 aromatic heterocycles. The second kappa shape index (κ2) is 10.6. The molecule has 2 amide bonds. The van der Waals surface area contributed by atoms with E-state index < -0.39 is 47.7 Å². The number of rotatable bonds is 9. The van der Waals surface area contributed by atoms with Gasteiger partial charge in [0, 0.05) is 0 Å². The Morgan fingerprint density at radius 3 is 2.26 bits per heavy atom. The van der Waals surface area contributed by atoms with Crippen molar-refractivity contribution in [1.82, 2.24) is 20.2 Å². The summed E-state index contributed by atoms with van der Waals surface area (Å²) in [6.07, 6.45) is 0.224. The number of aromatic amines is 1. The Bertz CT molecular complexity index is 1310. The molecule has 178 valence electrons. The lowest BCUT2D eigenvalue weighted by molar-refractivity contribution is -0.142. The largest absolute Gasteiger partial charge is 0.479 e. The number of nitrogens with zero attached hydrogens (tertiary/aromatic N) is 1. The van der Waals surface area contributed by atoms with Crippen LogP contribution in [0.25, 0.3) is 10.9 Å². The molecule has 0 spiro atoms. The van der Waals surface area contributed by atoms with Crippen LogP contribution in [-0.4, -0.2) is 38.5 Å². The number of hydrogen-bond donors (Lipinski definition) is 4. The molecule has 10 heteroatoms. The summed E-state index contributed by atoms with van der Waals surface area (Å²) in [5.41, 5.74) is -0.646. The molecule has 0 aliphatic rings. The molecule has 3 rings (SSSR count). The van der Waals surface area contributed by atoms with E-state index in [2.05, 4.69) is 15.6 Å². The molecule has 2 unspecified atom stereocenters. The zero-order valence-corrected chi connectivity index (χ0v) is 18.8. The fourth-order valence-electron chi connectivity index (χ4n) is 3.61. The molecule has 0 aliphatic carbocycles. The van der Waals surface area contributed by atoms with Crippen LogP contribution in [0.15, 0.2) is 64.2 Å². The Balaban J connectivity index is 1.80. The van der Waals surface area contributed by atoms with Gasteiger partial charge in [0.15, 0.2) is 6.04 Å². The van der Waals surface area contributed by atoms with E-state index in [9.17, 15) is 29.1 Å². The summed E-state index contributed by atoms with van der Waals surface area (Å²) >= 11 is 0. The highest BCUT2D eigenvalue weighted by Gasteiger charge is 2.28. The van der Waals surface area contributed by atoms with E-state index in [0.717, 1.165) is 4.57 Å². The molecule has 0 bridgehead atoms. The van der Waals surface area contributed by atoms with Gasteiger partial charge in [0.2, 0.25) is 11.8 Å². The summed E-state index contributed by atoms with van der Waals surface area (Å²) in [6, 6.07) is 12.3. The maximum atomic E-state index is 12.9. The molecule has 3 aromatic rings. The Labute approximate surface area is 194 Å². The fraction of sp³-hybridized carbons (Fsp3) is 0.292. The predicted molar refractivity (Wildman–Crippen MR) is 125 cm³/mol. The summed E-state index contributed by atoms with van der Waals surface area (Å²) in [5.74, 6) is -2.67. The van der Waals surface area contributed by atoms with Gasteiger partial charge in [-0.05, 0) is 30.0 Å². The number of carbonyl (C=O) groups excluding carboxylic acids is 2. The molecule has 10 nitrogen and oxygen atoms in total. The van der Waals surface area contributed by atoms with Crippen molar-refractivity contribution < 1.29 is 19.5 Å². The van der Waals surface area contributed by atoms with Gasteiger partial charge in [-0.2, -0.15) is 0 Å². The Morgan fingerprint density at radius 2 is 1.62 bits per heavy atom. The van der Waals surface area contributed by atoms with Gasteiger partial charge < -0.3 is 20.7 Å². The molecular formula is C24H26N4O6. The number of nitrogens with one attached hydrogen (secondary N) is 3. The monoisotopic (exact) mass is 466 g/mol. The quantitative estimate of drug-likeness (QED) is 0.372. The van der Waals surface area contributed by atoms with Crippen molar-refractivity contribution in [1.29, 1.82) is 0 Å². The average molecular weight is 466 g/mol. The van der Waals surface area contributed by atoms with Gasteiger partial charge in [0.25, 0.3) is 5.56 Å². The maximum absolute atomic E-state index is 12.9. The molecule has 0 saturated carbocycles. The molecule has 0 aliphatic heterocycles. The lowest BCUT2D eigenvalue weighted by Crippen LogP contribution is -2.51. The van der Waals surface area contributed by atoms with Crippen molar-refractivity contribution in [2.75, 3.05) is 0 Å². The van der Waals surface area contributed by atoms with Gasteiger partial charge >= 0.3 is 11.7 Å². The summed E-state index contributed by atoms with van der Waals surface area (Å²) in [7, 11) is 0. The molecule has 0 fully saturated rings. The van der Waals surface area contributed by atoms with Gasteiger partial charge in [-0.25, -0.2) is 9.59 Å². The highest BCUT2D eigenvalue weighted by atomic mass is 16.4. The van der Waals surface area contributed by atoms with E-state index in [4.69, 9.17) is 0 Å². The summed E-state index contributed by atoms with van der Waals surface area (Å²) in [4.78, 5) is 65.0. The number of aliphatic carboxylic acids is 1. The van der Waals surface area contributed by atoms with E-state index in [1.807, 2.05) is 13.8 Å². The number of para-hydroxylation sites is 1. The lowest BCUT2D eigenvalue weighted by Gasteiger charge is -2.23. The standard InChI is InChI=1S/C24H26N4O6/c1-14(2)12-18(21(30)27-20(23(32)33)15-8-4-3-5-9-15)25-19(29)13-28-22(31)16-10-6-7-11-17(16)26-24(28)34/h3-11,14,18,20H,12-13H2,1-2H3,(H,25,29)(H,26,34)(H,27,30)(H,32,33). The van der Waals surface area contributed by atoms with Crippen molar-refractivity contribution in [3.05, 3.63) is 81.0 Å². The fourth-order valence-corrected chi connectivity index (χ4v) is 3.61. The topological polar surface area (TPSA) is 150 Å². The number of H-pyrrole nitrogens is 1. The SMILES string of the molecule is CC(C)CC(NC(=O)Cn1c(=O)[nH]c2ccccc2c1=O)C(=O)NC(C(=O)O)c1ccccc1. The Hall–Kier alpha value is -4.21. The molecule has 2 atom stereocenters. The number of carbonyl (C=O) groups is 3. The van der Waals surface area contributed by atoms with Crippen molar-refractivity contribution >= 4 is 28.7 Å². The van der Waals surface area contributed by atoms with Crippen molar-refractivity contribution in [3.63, 3.8) is 0 Å². The number of amides is 2. The highest BCUT2D eigenvalue weighted by Crippen LogP contribution is 2.14. The zero-order valence-electron chi connectivity index (χ0n) is 18.8. The number of aromatic nitrogens is 2. The molecule has 2 aromatic carbocycles. The first kappa shape index (κ1) is 24.4. The van der Waals surface area contributed by atoms with Crippen LogP contribution in [0.3, 0.4) is 0 Å². The van der Waals surface area contributed by atoms with Crippen molar-refractivity contribution in [2.24, 2.45) is 5.92 Å². The van der Waals surface area contributed by atoms with E-state index in [0.29, 0.717) is 11.1 Å². The summed E-state index contributed by atoms with van der Waals surface area (Å²) in [5, 5.41) is 14.8. The van der Waals surface area contributed by atoms with Crippen LogP contribution in [0.2, 0.25) is 0 Å². The first-order chi connectivity index (χ1) is 16.2. The minimum Gasteiger partial charge on any atom is -0.479 e. The Morgan fingerprint density at radius 1 is 0.971 bits per heavy atom. The second-order valence-corrected chi connectivity index (χ2v) is 8.31. The van der Waals surface area contributed by atoms with Crippen LogP contribution in [0, 0.1) is 5.92 Å². The first-order valence-corrected chi connectivity index (χ1v) is 10.8. The molecule has 34 heavy (non-hydrogen) atoms. The van der Waals surface area contributed by atoms with Gasteiger partial charge in [0.05, 0.1) is 10.9 Å². The number of carboxylic acids is 1. The van der Waals surface area contributed by atoms with E-state index in [1.54, 1.807) is 48.5 Å². The van der Waals surface area contributed by atoms with Gasteiger partial charge in [-0.15, -0.1) is 0 Å². The van der Waals surface area contributed by atoms with Crippen LogP contribution in [0.1, 0.15) is 31.9 Å². The molecule has 1 heterocycles. The van der Waals surface area contributed by atoms with Crippen LogP contribution < -0.4 is 21.9 Å². The third-order valence-corrected chi connectivity index (χ3v) is 5.22. The molecule has 0 radical (unpaired) electrons. The average Bonchev–Trinajstić information content (AvgIpc) is 2.79. The minimum absolute atomic E-state index is 0.0113. The third-order valence-electron chi connectivity index (χ3n) is 5.22. The first-order valence-electron chi connectivity index (χ1n) is 10.8. The van der Waals surface area contributed by atoms with E-state index in [-0.39, 0.29) is 17.7 Å². The number of fused-ring (bicyclic) bond motifs is 1. The van der Waals surface area contributed by atoms with Gasteiger partial charge in [-0.1, -0.05) is 56.3 Å². The second-order valence-electron chi connectivity index (χ2n) is 8.31. The zero-order chi connectivity index (χ0) is 24.8. The summed E-state index contributed by atoms with van der Waals surface area (Å²) < 4.78 is 0.756. The lowest BCUT2D eigenvalue weighted by atomic mass is 10.0. The van der Waals surface area contributed by atoms with Gasteiger partial charge in [-0.3, -0.25) is 19.0 Å². The predicted octanol–water partition coefficient (Wildman–Crippen LogP) is 1.16. The smallest absolute Gasteiger partial charge is 0.330 e. The molecular weight excluding hydrogens is 440 g/mol. The van der Waals surface area contributed by atoms with Crippen LogP contribution in [-0.2, 0) is 20.9 Å². The van der Waals surface area contributed by atoms with Crippen LogP contribution in [0.5, 0.6) is 0 Å². The number of carboxylic acid groups (broad SMARTS) is 1. The number of hydrogen-bond acceptors (Lipinski definition) is 5. The van der Waals surface area contributed by atoms with Gasteiger partial charge in [0.1, 0.15) is 12.6 Å². The van der Waals surface area contributed by atoms with Crippen LogP contribution >= 0.6 is 0 Å².